The Kier molecular flexibility index (Phi) is 3.96. The van der Waals surface area contributed by atoms with Crippen LogP contribution >= 0.6 is 0 Å². The van der Waals surface area contributed by atoms with Crippen LogP contribution in [0.4, 0.5) is 0 Å². The second-order valence-corrected chi connectivity index (χ2v) is 3.46. The Morgan fingerprint density at radius 1 is 1.36 bits per heavy atom. The van der Waals surface area contributed by atoms with Gasteiger partial charge in [-0.15, -0.1) is 0 Å². The van der Waals surface area contributed by atoms with Crippen LogP contribution in [0.25, 0.3) is 0 Å². The molecule has 4 nitrogen and oxygen atoms in total. The van der Waals surface area contributed by atoms with Gasteiger partial charge in [-0.05, 0) is 13.8 Å². The van der Waals surface area contributed by atoms with E-state index in [0.29, 0.717) is 0 Å². The molecule has 68 valence electrons. The second kappa shape index (κ2) is 4.01. The standard InChI is InChI=1S/C7H18N2O2/c1-7(2,9)6(11)3-5(10)4-8/h5-6,10-11H,3-4,8-9H2,1-2H3. The summed E-state index contributed by atoms with van der Waals surface area (Å²) >= 11 is 0. The van der Waals surface area contributed by atoms with Gasteiger partial charge in [0.15, 0.2) is 0 Å². The van der Waals surface area contributed by atoms with Crippen molar-refractivity contribution in [2.75, 3.05) is 6.54 Å². The molecule has 0 saturated heterocycles. The summed E-state index contributed by atoms with van der Waals surface area (Å²) in [5.74, 6) is 0. The summed E-state index contributed by atoms with van der Waals surface area (Å²) in [5, 5.41) is 18.4. The number of aliphatic hydroxyl groups is 2. The lowest BCUT2D eigenvalue weighted by atomic mass is 9.94. The fraction of sp³-hybridized carbons (Fsp3) is 1.00. The minimum Gasteiger partial charge on any atom is -0.392 e. The molecule has 6 N–H and O–H groups in total. The Hall–Kier alpha value is -0.160. The monoisotopic (exact) mass is 162 g/mol. The number of nitrogens with two attached hydrogens (primary N) is 2. The lowest BCUT2D eigenvalue weighted by molar-refractivity contribution is 0.0445. The minimum atomic E-state index is -0.707. The average molecular weight is 162 g/mol. The summed E-state index contributed by atoms with van der Waals surface area (Å²) in [5.41, 5.74) is 10.1. The van der Waals surface area contributed by atoms with Crippen molar-refractivity contribution < 1.29 is 10.2 Å². The van der Waals surface area contributed by atoms with Crippen LogP contribution < -0.4 is 11.5 Å². The molecule has 0 aromatic rings. The van der Waals surface area contributed by atoms with Gasteiger partial charge in [-0.1, -0.05) is 0 Å². The van der Waals surface area contributed by atoms with Crippen LogP contribution in [0.5, 0.6) is 0 Å². The predicted molar refractivity (Wildman–Crippen MR) is 44.0 cm³/mol. The van der Waals surface area contributed by atoms with E-state index < -0.39 is 17.7 Å². The van der Waals surface area contributed by atoms with Gasteiger partial charge in [-0.3, -0.25) is 0 Å². The molecule has 0 amide bonds. The van der Waals surface area contributed by atoms with E-state index in [0.717, 1.165) is 0 Å². The first kappa shape index (κ1) is 10.8. The molecule has 0 spiro atoms. The summed E-state index contributed by atoms with van der Waals surface area (Å²) in [7, 11) is 0. The van der Waals surface area contributed by atoms with E-state index in [1.165, 1.54) is 0 Å². The normalized spacial score (nSPS) is 18.0. The molecule has 2 atom stereocenters. The molecule has 0 rings (SSSR count). The Labute approximate surface area is 67.2 Å². The number of rotatable bonds is 4. The van der Waals surface area contributed by atoms with Crippen LogP contribution in [-0.4, -0.2) is 34.5 Å². The highest BCUT2D eigenvalue weighted by Crippen LogP contribution is 2.10. The molecule has 0 aliphatic carbocycles. The predicted octanol–water partition coefficient (Wildman–Crippen LogP) is -1.21. The maximum atomic E-state index is 9.35. The second-order valence-electron chi connectivity index (χ2n) is 3.46. The van der Waals surface area contributed by atoms with Crippen LogP contribution in [0.2, 0.25) is 0 Å². The molecule has 2 unspecified atom stereocenters. The van der Waals surface area contributed by atoms with E-state index >= 15 is 0 Å². The van der Waals surface area contributed by atoms with Gasteiger partial charge in [0.1, 0.15) is 0 Å². The maximum absolute atomic E-state index is 9.35. The summed E-state index contributed by atoms with van der Waals surface area (Å²) in [6.07, 6.45) is -1.13. The highest BCUT2D eigenvalue weighted by atomic mass is 16.3. The molecule has 0 bridgehead atoms. The van der Waals surface area contributed by atoms with E-state index in [4.69, 9.17) is 16.6 Å². The van der Waals surface area contributed by atoms with Gasteiger partial charge in [0.2, 0.25) is 0 Å². The smallest absolute Gasteiger partial charge is 0.0739 e. The molecule has 4 heteroatoms. The molecule has 0 heterocycles. The molecule has 0 fully saturated rings. The molecular formula is C7H18N2O2. The lowest BCUT2D eigenvalue weighted by Crippen LogP contribution is -2.47. The summed E-state index contributed by atoms with van der Waals surface area (Å²) in [6, 6.07) is 0. The fourth-order valence-corrected chi connectivity index (χ4v) is 0.658. The third-order valence-electron chi connectivity index (χ3n) is 1.63. The van der Waals surface area contributed by atoms with E-state index in [9.17, 15) is 5.11 Å². The molecule has 0 radical (unpaired) electrons. The van der Waals surface area contributed by atoms with Crippen LogP contribution in [0.15, 0.2) is 0 Å². The van der Waals surface area contributed by atoms with Crippen molar-refractivity contribution in [1.82, 2.24) is 0 Å². The third-order valence-corrected chi connectivity index (χ3v) is 1.63. The van der Waals surface area contributed by atoms with Crippen molar-refractivity contribution in [1.29, 1.82) is 0 Å². The summed E-state index contributed by atoms with van der Waals surface area (Å²) in [4.78, 5) is 0. The molecule has 0 saturated carbocycles. The minimum absolute atomic E-state index is 0.160. The average Bonchev–Trinajstić information content (AvgIpc) is 1.85. The highest BCUT2D eigenvalue weighted by molar-refractivity contribution is 4.83. The van der Waals surface area contributed by atoms with E-state index in [1.54, 1.807) is 13.8 Å². The van der Waals surface area contributed by atoms with Gasteiger partial charge < -0.3 is 21.7 Å². The summed E-state index contributed by atoms with van der Waals surface area (Å²) in [6.45, 7) is 3.58. The molecular weight excluding hydrogens is 144 g/mol. The molecule has 11 heavy (non-hydrogen) atoms. The first-order chi connectivity index (χ1) is 4.88. The van der Waals surface area contributed by atoms with Crippen molar-refractivity contribution >= 4 is 0 Å². The first-order valence-corrected chi connectivity index (χ1v) is 3.73. The van der Waals surface area contributed by atoms with Crippen LogP contribution in [0, 0.1) is 0 Å². The zero-order valence-corrected chi connectivity index (χ0v) is 7.12. The van der Waals surface area contributed by atoms with Gasteiger partial charge in [0.25, 0.3) is 0 Å². The lowest BCUT2D eigenvalue weighted by Gasteiger charge is -2.27. The van der Waals surface area contributed by atoms with Crippen molar-refractivity contribution in [2.45, 2.75) is 38.0 Å². The molecule has 0 aromatic heterocycles. The largest absolute Gasteiger partial charge is 0.392 e. The van der Waals surface area contributed by atoms with Crippen LogP contribution in [-0.2, 0) is 0 Å². The Morgan fingerprint density at radius 2 is 1.82 bits per heavy atom. The van der Waals surface area contributed by atoms with Crippen LogP contribution in [0.1, 0.15) is 20.3 Å². The van der Waals surface area contributed by atoms with Crippen molar-refractivity contribution in [3.05, 3.63) is 0 Å². The highest BCUT2D eigenvalue weighted by Gasteiger charge is 2.24. The third kappa shape index (κ3) is 4.31. The van der Waals surface area contributed by atoms with Gasteiger partial charge >= 0.3 is 0 Å². The first-order valence-electron chi connectivity index (χ1n) is 3.73. The van der Waals surface area contributed by atoms with Gasteiger partial charge in [-0.2, -0.15) is 0 Å². The van der Waals surface area contributed by atoms with Gasteiger partial charge in [0.05, 0.1) is 12.2 Å². The van der Waals surface area contributed by atoms with E-state index in [1.807, 2.05) is 0 Å². The van der Waals surface area contributed by atoms with E-state index in [-0.39, 0.29) is 13.0 Å². The van der Waals surface area contributed by atoms with E-state index in [2.05, 4.69) is 0 Å². The molecule has 0 aliphatic heterocycles. The zero-order chi connectivity index (χ0) is 9.07. The Balaban J connectivity index is 3.77. The fourth-order valence-electron chi connectivity index (χ4n) is 0.658. The van der Waals surface area contributed by atoms with Gasteiger partial charge in [-0.25, -0.2) is 0 Å². The topological polar surface area (TPSA) is 92.5 Å². The quantitative estimate of drug-likeness (QED) is 0.417. The zero-order valence-electron chi connectivity index (χ0n) is 7.12. The number of aliphatic hydroxyl groups excluding tert-OH is 2. The number of hydrogen-bond acceptors (Lipinski definition) is 4. The number of hydrogen-bond donors (Lipinski definition) is 4. The maximum Gasteiger partial charge on any atom is 0.0739 e. The van der Waals surface area contributed by atoms with Crippen molar-refractivity contribution in [3.8, 4) is 0 Å². The molecule has 0 aliphatic rings. The Morgan fingerprint density at radius 3 is 2.09 bits per heavy atom. The van der Waals surface area contributed by atoms with Gasteiger partial charge in [0, 0.05) is 18.5 Å². The Bertz CT molecular complexity index is 111. The van der Waals surface area contributed by atoms with Crippen LogP contribution in [0.3, 0.4) is 0 Å². The van der Waals surface area contributed by atoms with Crippen molar-refractivity contribution in [3.63, 3.8) is 0 Å². The summed E-state index contributed by atoms with van der Waals surface area (Å²) < 4.78 is 0. The SMILES string of the molecule is CC(C)(N)C(O)CC(O)CN. The van der Waals surface area contributed by atoms with Crippen molar-refractivity contribution in [2.24, 2.45) is 11.5 Å². The molecule has 0 aromatic carbocycles.